The number of aliphatic carboxylic acids is 1. The summed E-state index contributed by atoms with van der Waals surface area (Å²) in [5, 5.41) is 8.93. The van der Waals surface area contributed by atoms with Crippen molar-refractivity contribution in [1.82, 2.24) is 19.1 Å². The molecule has 32 heavy (non-hydrogen) atoms. The highest BCUT2D eigenvalue weighted by Gasteiger charge is 2.51. The van der Waals surface area contributed by atoms with Gasteiger partial charge in [-0.05, 0) is 19.8 Å². The Kier molecular flexibility index (Phi) is 6.24. The number of nitrogens with one attached hydrogen (secondary N) is 1. The van der Waals surface area contributed by atoms with Crippen LogP contribution in [0.5, 0.6) is 0 Å². The summed E-state index contributed by atoms with van der Waals surface area (Å²) in [6.45, 7) is 6.29. The van der Waals surface area contributed by atoms with Crippen LogP contribution >= 0.6 is 0 Å². The lowest BCUT2D eigenvalue weighted by Crippen LogP contribution is -2.56. The molecule has 4 heterocycles. The molecule has 2 aromatic heterocycles. The van der Waals surface area contributed by atoms with Crippen molar-refractivity contribution < 1.29 is 24.1 Å². The van der Waals surface area contributed by atoms with Crippen LogP contribution in [-0.4, -0.2) is 61.7 Å². The fourth-order valence-electron chi connectivity index (χ4n) is 4.78. The smallest absolute Gasteiger partial charge is 0.332 e. The van der Waals surface area contributed by atoms with Gasteiger partial charge in [-0.3, -0.25) is 13.9 Å². The number of carbonyl (C=O) groups is 1. The molecule has 2 saturated heterocycles. The number of aryl methyl sites for hydroxylation is 1. The number of nitrogens with zero attached hydrogens (tertiary/aromatic N) is 3. The van der Waals surface area contributed by atoms with Crippen LogP contribution in [0.1, 0.15) is 52.3 Å². The van der Waals surface area contributed by atoms with Crippen LogP contribution in [0.15, 0.2) is 9.59 Å². The number of carboxylic acids is 1. The maximum Gasteiger partial charge on any atom is 0.332 e. The van der Waals surface area contributed by atoms with Gasteiger partial charge in [-0.25, -0.2) is 14.6 Å². The molecule has 0 amide bonds. The fourth-order valence-corrected chi connectivity index (χ4v) is 4.78. The number of aromatic amines is 1. The van der Waals surface area contributed by atoms with Gasteiger partial charge in [0, 0.05) is 25.9 Å². The van der Waals surface area contributed by atoms with Gasteiger partial charge in [0.15, 0.2) is 5.65 Å². The molecule has 4 atom stereocenters. The van der Waals surface area contributed by atoms with Gasteiger partial charge in [-0.1, -0.05) is 13.8 Å². The first-order valence-electron chi connectivity index (χ1n) is 11.2. The highest BCUT2D eigenvalue weighted by molar-refractivity contribution is 5.70. The van der Waals surface area contributed by atoms with Crippen molar-refractivity contribution in [2.45, 2.75) is 83.5 Å². The number of imidazole rings is 1. The quantitative estimate of drug-likeness (QED) is 0.607. The molecule has 4 rings (SSSR count). The van der Waals surface area contributed by atoms with E-state index in [4.69, 9.17) is 24.3 Å². The van der Waals surface area contributed by atoms with Crippen LogP contribution < -0.4 is 11.2 Å². The molecular formula is C21H30N4O7. The second kappa shape index (κ2) is 8.80. The topological polar surface area (TPSA) is 138 Å². The average molecular weight is 450 g/mol. The fraction of sp³-hybridized carbons (Fsp3) is 0.714. The van der Waals surface area contributed by atoms with Crippen molar-refractivity contribution in [2.24, 2.45) is 0 Å². The summed E-state index contributed by atoms with van der Waals surface area (Å²) >= 11 is 0. The maximum absolute atomic E-state index is 13.1. The van der Waals surface area contributed by atoms with E-state index in [1.165, 1.54) is 4.57 Å². The standard InChI is InChI=1S/C21H30N4O7/c1-4-6-24-17-16(18(28)25(7-5-2)20(24)29)22-19(23-17)21-8-12(3)32-13(9-21)14(10-31-21)30-11-15(26)27/h12-14H,4-11H2,1-3H3,(H,22,23)(H,26,27). The van der Waals surface area contributed by atoms with Crippen LogP contribution in [0.3, 0.4) is 0 Å². The number of hydrogen-bond acceptors (Lipinski definition) is 7. The molecule has 176 valence electrons. The minimum Gasteiger partial charge on any atom is -0.480 e. The lowest BCUT2D eigenvalue weighted by Gasteiger charge is -2.48. The first kappa shape index (κ1) is 22.7. The van der Waals surface area contributed by atoms with E-state index in [9.17, 15) is 14.4 Å². The van der Waals surface area contributed by atoms with E-state index in [1.54, 1.807) is 4.57 Å². The summed E-state index contributed by atoms with van der Waals surface area (Å²) in [7, 11) is 0. The number of rotatable bonds is 8. The van der Waals surface area contributed by atoms with Crippen LogP contribution in [0.2, 0.25) is 0 Å². The minimum atomic E-state index is -1.06. The van der Waals surface area contributed by atoms with Gasteiger partial charge in [0.05, 0.1) is 18.8 Å². The summed E-state index contributed by atoms with van der Waals surface area (Å²) in [5.41, 5.74) is -0.947. The van der Waals surface area contributed by atoms with Crippen molar-refractivity contribution in [3.8, 4) is 0 Å². The normalized spacial score (nSPS) is 27.7. The molecule has 2 fully saturated rings. The first-order valence-corrected chi connectivity index (χ1v) is 11.2. The van der Waals surface area contributed by atoms with Gasteiger partial charge in [-0.2, -0.15) is 0 Å². The van der Waals surface area contributed by atoms with Crippen LogP contribution in [0.25, 0.3) is 11.2 Å². The number of H-pyrrole nitrogens is 1. The van der Waals surface area contributed by atoms with Gasteiger partial charge in [0.1, 0.15) is 29.7 Å². The summed E-state index contributed by atoms with van der Waals surface area (Å²) in [5.74, 6) is -0.569. The molecule has 0 spiro atoms. The predicted molar refractivity (Wildman–Crippen MR) is 114 cm³/mol. The lowest BCUT2D eigenvalue weighted by molar-refractivity contribution is -0.260. The van der Waals surface area contributed by atoms with Gasteiger partial charge >= 0.3 is 11.7 Å². The highest BCUT2D eigenvalue weighted by Crippen LogP contribution is 2.44. The average Bonchev–Trinajstić information content (AvgIpc) is 3.19. The Morgan fingerprint density at radius 2 is 1.97 bits per heavy atom. The Morgan fingerprint density at radius 3 is 2.66 bits per heavy atom. The first-order chi connectivity index (χ1) is 15.3. The Balaban J connectivity index is 1.77. The predicted octanol–water partition coefficient (Wildman–Crippen LogP) is 0.969. The molecule has 0 saturated carbocycles. The minimum absolute atomic E-state index is 0.142. The number of hydrogen-bond donors (Lipinski definition) is 2. The van der Waals surface area contributed by atoms with E-state index in [1.807, 2.05) is 20.8 Å². The molecule has 2 aliphatic heterocycles. The monoisotopic (exact) mass is 450 g/mol. The third-order valence-corrected chi connectivity index (χ3v) is 6.10. The van der Waals surface area contributed by atoms with Gasteiger partial charge in [-0.15, -0.1) is 0 Å². The Bertz CT molecular complexity index is 1120. The third kappa shape index (κ3) is 3.89. The molecule has 2 aliphatic rings. The van der Waals surface area contributed by atoms with E-state index in [0.717, 1.165) is 6.42 Å². The van der Waals surface area contributed by atoms with Gasteiger partial charge < -0.3 is 24.3 Å². The molecule has 0 aliphatic carbocycles. The summed E-state index contributed by atoms with van der Waals surface area (Å²) in [4.78, 5) is 44.8. The van der Waals surface area contributed by atoms with Crippen molar-refractivity contribution in [2.75, 3.05) is 13.2 Å². The number of carboxylic acid groups (broad SMARTS) is 1. The molecule has 0 aromatic carbocycles. The van der Waals surface area contributed by atoms with E-state index < -0.39 is 24.3 Å². The molecule has 4 unspecified atom stereocenters. The van der Waals surface area contributed by atoms with E-state index in [0.29, 0.717) is 49.3 Å². The summed E-state index contributed by atoms with van der Waals surface area (Å²) in [6, 6.07) is 0. The van der Waals surface area contributed by atoms with Crippen molar-refractivity contribution in [3.63, 3.8) is 0 Å². The number of fused-ring (bicyclic) bond motifs is 3. The van der Waals surface area contributed by atoms with E-state index in [2.05, 4.69) is 4.98 Å². The highest BCUT2D eigenvalue weighted by atomic mass is 16.6. The molecular weight excluding hydrogens is 420 g/mol. The molecule has 11 heteroatoms. The Hall–Kier alpha value is -2.50. The zero-order valence-electron chi connectivity index (χ0n) is 18.6. The van der Waals surface area contributed by atoms with Crippen molar-refractivity contribution >= 4 is 17.1 Å². The molecule has 2 N–H and O–H groups in total. The van der Waals surface area contributed by atoms with Gasteiger partial charge in [0.2, 0.25) is 0 Å². The molecule has 11 nitrogen and oxygen atoms in total. The zero-order valence-corrected chi connectivity index (χ0v) is 18.6. The summed E-state index contributed by atoms with van der Waals surface area (Å²) in [6.07, 6.45) is 1.24. The zero-order chi connectivity index (χ0) is 23.0. The summed E-state index contributed by atoms with van der Waals surface area (Å²) < 4.78 is 20.5. The maximum atomic E-state index is 13.1. The molecule has 2 aromatic rings. The Labute approximate surface area is 184 Å². The van der Waals surface area contributed by atoms with Crippen LogP contribution in [0.4, 0.5) is 0 Å². The number of aromatic nitrogens is 4. The second-order valence-corrected chi connectivity index (χ2v) is 8.62. The van der Waals surface area contributed by atoms with E-state index >= 15 is 0 Å². The van der Waals surface area contributed by atoms with Crippen LogP contribution in [-0.2, 0) is 37.7 Å². The molecule has 2 bridgehead atoms. The lowest BCUT2D eigenvalue weighted by atomic mass is 9.82. The number of ether oxygens (including phenoxy) is 3. The van der Waals surface area contributed by atoms with Crippen molar-refractivity contribution in [1.29, 1.82) is 0 Å². The van der Waals surface area contributed by atoms with Crippen LogP contribution in [0, 0.1) is 0 Å². The molecule has 0 radical (unpaired) electrons. The second-order valence-electron chi connectivity index (χ2n) is 8.62. The van der Waals surface area contributed by atoms with Gasteiger partial charge in [0.25, 0.3) is 5.56 Å². The van der Waals surface area contributed by atoms with E-state index in [-0.39, 0.29) is 30.1 Å². The largest absolute Gasteiger partial charge is 0.480 e. The van der Waals surface area contributed by atoms with Crippen molar-refractivity contribution in [3.05, 3.63) is 26.7 Å². The third-order valence-electron chi connectivity index (χ3n) is 6.10. The SMILES string of the molecule is CCCn1c(=O)c2[nH]c(C34CC(C)OC(C3)C(OCC(=O)O)CO4)nc2n(CCC)c1=O. The Morgan fingerprint density at radius 1 is 1.25 bits per heavy atom.